The Kier molecular flexibility index (Phi) is 8.79. The molecule has 0 radical (unpaired) electrons. The first-order valence-electron chi connectivity index (χ1n) is 9.76. The van der Waals surface area contributed by atoms with Crippen LogP contribution in [0.2, 0.25) is 0 Å². The molecule has 3 nitrogen and oxygen atoms in total. The lowest BCUT2D eigenvalue weighted by atomic mass is 9.85. The topological polar surface area (TPSA) is 47.3 Å². The molecule has 1 saturated carbocycles. The van der Waals surface area contributed by atoms with Gasteiger partial charge in [-0.2, -0.15) is 0 Å². The van der Waals surface area contributed by atoms with E-state index < -0.39 is 0 Å². The normalized spacial score (nSPS) is 18.5. The summed E-state index contributed by atoms with van der Waals surface area (Å²) in [5, 5.41) is 3.75. The van der Waals surface area contributed by atoms with Crippen LogP contribution in [0.5, 0.6) is 0 Å². The van der Waals surface area contributed by atoms with Gasteiger partial charge in [-0.1, -0.05) is 56.4 Å². The minimum absolute atomic E-state index is 0.163. The third-order valence-corrected chi connectivity index (χ3v) is 5.50. The molecule has 0 amide bonds. The van der Waals surface area contributed by atoms with Crippen LogP contribution in [0, 0.1) is 5.92 Å². The van der Waals surface area contributed by atoms with Crippen molar-refractivity contribution in [3.05, 3.63) is 35.4 Å². The fourth-order valence-electron chi connectivity index (χ4n) is 3.91. The summed E-state index contributed by atoms with van der Waals surface area (Å²) >= 11 is 0. The Balaban J connectivity index is 1.80. The summed E-state index contributed by atoms with van der Waals surface area (Å²) in [4.78, 5) is 0. The standard InChI is InChI=1S/C21H36N2O/c1-17(14-18-8-4-3-5-9-18)23-16-20-11-7-6-10-19(20)12-13-21(15-22)24-2/h6-7,10-11,17-18,21,23H,3-5,8-9,12-16,22H2,1-2H3. The summed E-state index contributed by atoms with van der Waals surface area (Å²) in [5.74, 6) is 0.934. The Bertz CT molecular complexity index is 453. The van der Waals surface area contributed by atoms with Crippen LogP contribution in [-0.2, 0) is 17.7 Å². The smallest absolute Gasteiger partial charge is 0.0696 e. The summed E-state index contributed by atoms with van der Waals surface area (Å²) in [6, 6.07) is 9.36. The van der Waals surface area contributed by atoms with Crippen molar-refractivity contribution in [2.45, 2.75) is 77.0 Å². The predicted molar refractivity (Wildman–Crippen MR) is 102 cm³/mol. The Morgan fingerprint density at radius 2 is 1.88 bits per heavy atom. The molecule has 2 atom stereocenters. The summed E-state index contributed by atoms with van der Waals surface area (Å²) in [7, 11) is 1.75. The molecule has 0 saturated heterocycles. The predicted octanol–water partition coefficient (Wildman–Crippen LogP) is 4.04. The number of benzene rings is 1. The monoisotopic (exact) mass is 332 g/mol. The molecule has 3 N–H and O–H groups in total. The van der Waals surface area contributed by atoms with Crippen LogP contribution in [0.1, 0.15) is 63.0 Å². The third-order valence-electron chi connectivity index (χ3n) is 5.50. The lowest BCUT2D eigenvalue weighted by molar-refractivity contribution is 0.102. The van der Waals surface area contributed by atoms with Crippen LogP contribution < -0.4 is 11.1 Å². The summed E-state index contributed by atoms with van der Waals surface area (Å²) in [6.07, 6.45) is 10.7. The van der Waals surface area contributed by atoms with Gasteiger partial charge in [-0.3, -0.25) is 0 Å². The first-order chi connectivity index (χ1) is 11.7. The molecule has 0 heterocycles. The second kappa shape index (κ2) is 10.9. The van der Waals surface area contributed by atoms with Gasteiger partial charge in [0, 0.05) is 26.2 Å². The molecule has 1 aliphatic rings. The largest absolute Gasteiger partial charge is 0.380 e. The van der Waals surface area contributed by atoms with E-state index in [4.69, 9.17) is 10.5 Å². The van der Waals surface area contributed by atoms with E-state index in [1.165, 1.54) is 49.7 Å². The SMILES string of the molecule is COC(CN)CCc1ccccc1CNC(C)CC1CCCCC1. The summed E-state index contributed by atoms with van der Waals surface area (Å²) in [5.41, 5.74) is 8.57. The highest BCUT2D eigenvalue weighted by molar-refractivity contribution is 5.27. The van der Waals surface area contributed by atoms with E-state index in [2.05, 4.69) is 36.5 Å². The van der Waals surface area contributed by atoms with Crippen molar-refractivity contribution in [3.8, 4) is 0 Å². The molecule has 3 heteroatoms. The van der Waals surface area contributed by atoms with Gasteiger partial charge < -0.3 is 15.8 Å². The van der Waals surface area contributed by atoms with E-state index in [0.29, 0.717) is 12.6 Å². The van der Waals surface area contributed by atoms with E-state index in [0.717, 1.165) is 25.3 Å². The second-order valence-electron chi connectivity index (χ2n) is 7.42. The van der Waals surface area contributed by atoms with Gasteiger partial charge in [0.05, 0.1) is 6.10 Å². The van der Waals surface area contributed by atoms with Gasteiger partial charge in [0.25, 0.3) is 0 Å². The Hall–Kier alpha value is -0.900. The van der Waals surface area contributed by atoms with Gasteiger partial charge in [-0.25, -0.2) is 0 Å². The molecule has 1 aromatic carbocycles. The number of rotatable bonds is 10. The number of aryl methyl sites for hydroxylation is 1. The van der Waals surface area contributed by atoms with E-state index in [9.17, 15) is 0 Å². The lowest BCUT2D eigenvalue weighted by Gasteiger charge is -2.25. The van der Waals surface area contributed by atoms with Gasteiger partial charge >= 0.3 is 0 Å². The average Bonchev–Trinajstić information content (AvgIpc) is 2.62. The van der Waals surface area contributed by atoms with Crippen LogP contribution in [0.15, 0.2) is 24.3 Å². The van der Waals surface area contributed by atoms with Crippen LogP contribution in [0.4, 0.5) is 0 Å². The molecular formula is C21H36N2O. The van der Waals surface area contributed by atoms with Crippen molar-refractivity contribution in [2.75, 3.05) is 13.7 Å². The van der Waals surface area contributed by atoms with Crippen molar-refractivity contribution in [3.63, 3.8) is 0 Å². The van der Waals surface area contributed by atoms with E-state index >= 15 is 0 Å². The second-order valence-corrected chi connectivity index (χ2v) is 7.42. The molecule has 2 unspecified atom stereocenters. The molecule has 2 rings (SSSR count). The number of nitrogens with two attached hydrogens (primary N) is 1. The minimum atomic E-state index is 0.163. The number of methoxy groups -OCH3 is 1. The molecular weight excluding hydrogens is 296 g/mol. The zero-order valence-corrected chi connectivity index (χ0v) is 15.6. The van der Waals surface area contributed by atoms with Gasteiger partial charge in [0.15, 0.2) is 0 Å². The highest BCUT2D eigenvalue weighted by atomic mass is 16.5. The third kappa shape index (κ3) is 6.54. The van der Waals surface area contributed by atoms with Gasteiger partial charge in [0.2, 0.25) is 0 Å². The molecule has 24 heavy (non-hydrogen) atoms. The van der Waals surface area contributed by atoms with Gasteiger partial charge in [-0.15, -0.1) is 0 Å². The zero-order chi connectivity index (χ0) is 17.2. The fraction of sp³-hybridized carbons (Fsp3) is 0.714. The van der Waals surface area contributed by atoms with Crippen LogP contribution in [-0.4, -0.2) is 25.8 Å². The maximum atomic E-state index is 5.74. The number of ether oxygens (including phenoxy) is 1. The highest BCUT2D eigenvalue weighted by Gasteiger charge is 2.16. The average molecular weight is 333 g/mol. The Labute approximate surface area is 148 Å². The molecule has 0 spiro atoms. The summed E-state index contributed by atoms with van der Waals surface area (Å²) in [6.45, 7) is 3.90. The minimum Gasteiger partial charge on any atom is -0.380 e. The van der Waals surface area contributed by atoms with Crippen molar-refractivity contribution < 1.29 is 4.74 Å². The van der Waals surface area contributed by atoms with Gasteiger partial charge in [0.1, 0.15) is 0 Å². The van der Waals surface area contributed by atoms with Crippen LogP contribution >= 0.6 is 0 Å². The maximum Gasteiger partial charge on any atom is 0.0696 e. The van der Waals surface area contributed by atoms with Crippen molar-refractivity contribution in [2.24, 2.45) is 11.7 Å². The quantitative estimate of drug-likeness (QED) is 0.680. The van der Waals surface area contributed by atoms with Crippen LogP contribution in [0.3, 0.4) is 0 Å². The van der Waals surface area contributed by atoms with E-state index in [1.54, 1.807) is 7.11 Å². The first-order valence-corrected chi connectivity index (χ1v) is 9.76. The van der Waals surface area contributed by atoms with Gasteiger partial charge in [-0.05, 0) is 43.2 Å². The number of nitrogens with one attached hydrogen (secondary N) is 1. The molecule has 0 aromatic heterocycles. The summed E-state index contributed by atoms with van der Waals surface area (Å²) < 4.78 is 5.40. The van der Waals surface area contributed by atoms with Crippen molar-refractivity contribution >= 4 is 0 Å². The molecule has 1 fully saturated rings. The van der Waals surface area contributed by atoms with Crippen LogP contribution in [0.25, 0.3) is 0 Å². The molecule has 0 aliphatic heterocycles. The number of hydrogen-bond acceptors (Lipinski definition) is 3. The Morgan fingerprint density at radius 3 is 2.54 bits per heavy atom. The molecule has 1 aliphatic carbocycles. The Morgan fingerprint density at radius 1 is 1.17 bits per heavy atom. The zero-order valence-electron chi connectivity index (χ0n) is 15.6. The first kappa shape index (κ1) is 19.4. The lowest BCUT2D eigenvalue weighted by Crippen LogP contribution is -2.29. The molecule has 0 bridgehead atoms. The van der Waals surface area contributed by atoms with E-state index in [-0.39, 0.29) is 6.10 Å². The number of hydrogen-bond donors (Lipinski definition) is 2. The highest BCUT2D eigenvalue weighted by Crippen LogP contribution is 2.27. The molecule has 136 valence electrons. The maximum absolute atomic E-state index is 5.74. The van der Waals surface area contributed by atoms with Crippen molar-refractivity contribution in [1.82, 2.24) is 5.32 Å². The fourth-order valence-corrected chi connectivity index (χ4v) is 3.91. The molecule has 1 aromatic rings. The van der Waals surface area contributed by atoms with Crippen molar-refractivity contribution in [1.29, 1.82) is 0 Å². The van der Waals surface area contributed by atoms with E-state index in [1.807, 2.05) is 0 Å².